The van der Waals surface area contributed by atoms with Crippen LogP contribution in [0.25, 0.3) is 22.6 Å². The number of hydrogen-bond donors (Lipinski definition) is 1. The molecule has 6 heteroatoms. The van der Waals surface area contributed by atoms with Gasteiger partial charge in [-0.15, -0.1) is 0 Å². The Morgan fingerprint density at radius 3 is 2.79 bits per heavy atom. The van der Waals surface area contributed by atoms with Crippen LogP contribution in [0.5, 0.6) is 0 Å². The van der Waals surface area contributed by atoms with Crippen LogP contribution in [0.15, 0.2) is 39.2 Å². The van der Waals surface area contributed by atoms with E-state index < -0.39 is 0 Å². The first-order valence-corrected chi connectivity index (χ1v) is 6.52. The van der Waals surface area contributed by atoms with Gasteiger partial charge in [0.15, 0.2) is 5.58 Å². The van der Waals surface area contributed by atoms with Crippen molar-refractivity contribution in [3.63, 3.8) is 0 Å². The number of rotatable bonds is 1. The van der Waals surface area contributed by atoms with Gasteiger partial charge in [0.2, 0.25) is 5.89 Å². The molecule has 0 atom stereocenters. The monoisotopic (exact) mass is 340 g/mol. The Hall–Kier alpha value is -1.59. The van der Waals surface area contributed by atoms with Crippen LogP contribution in [-0.2, 0) is 0 Å². The van der Waals surface area contributed by atoms with Gasteiger partial charge in [0.05, 0.1) is 16.3 Å². The van der Waals surface area contributed by atoms with Crippen molar-refractivity contribution in [3.8, 4) is 11.5 Å². The molecule has 0 bridgehead atoms. The van der Waals surface area contributed by atoms with Crippen molar-refractivity contribution >= 4 is 44.3 Å². The lowest BCUT2D eigenvalue weighted by atomic mass is 10.2. The highest BCUT2D eigenvalue weighted by molar-refractivity contribution is 9.10. The van der Waals surface area contributed by atoms with Gasteiger partial charge in [0, 0.05) is 10.5 Å². The molecule has 0 spiro atoms. The molecule has 0 saturated heterocycles. The van der Waals surface area contributed by atoms with E-state index in [0.29, 0.717) is 37.7 Å². The van der Waals surface area contributed by atoms with Crippen molar-refractivity contribution in [2.45, 2.75) is 0 Å². The summed E-state index contributed by atoms with van der Waals surface area (Å²) in [5.41, 5.74) is 7.93. The van der Waals surface area contributed by atoms with Crippen molar-refractivity contribution in [2.24, 2.45) is 0 Å². The number of anilines is 1. The lowest BCUT2D eigenvalue weighted by Crippen LogP contribution is -1.84. The summed E-state index contributed by atoms with van der Waals surface area (Å²) in [4.78, 5) is 4.32. The Morgan fingerprint density at radius 1 is 1.26 bits per heavy atom. The fraction of sp³-hybridized carbons (Fsp3) is 0. The fourth-order valence-corrected chi connectivity index (χ4v) is 2.42. The van der Waals surface area contributed by atoms with E-state index in [1.807, 2.05) is 0 Å². The molecule has 2 N–H and O–H groups in total. The van der Waals surface area contributed by atoms with Crippen LogP contribution < -0.4 is 5.73 Å². The number of nitrogens with zero attached hydrogens (tertiary/aromatic N) is 1. The van der Waals surface area contributed by atoms with Crippen LogP contribution >= 0.6 is 27.5 Å². The summed E-state index contributed by atoms with van der Waals surface area (Å²) in [6.07, 6.45) is 0. The van der Waals surface area contributed by atoms with Crippen molar-refractivity contribution in [2.75, 3.05) is 5.73 Å². The van der Waals surface area contributed by atoms with E-state index in [1.165, 1.54) is 12.1 Å². The van der Waals surface area contributed by atoms with Gasteiger partial charge in [0.1, 0.15) is 11.3 Å². The number of halogens is 3. The maximum atomic E-state index is 13.1. The number of nitrogen functional groups attached to an aromatic ring is 1. The van der Waals surface area contributed by atoms with E-state index in [1.54, 1.807) is 18.2 Å². The van der Waals surface area contributed by atoms with E-state index in [4.69, 9.17) is 21.8 Å². The van der Waals surface area contributed by atoms with Gasteiger partial charge >= 0.3 is 0 Å². The van der Waals surface area contributed by atoms with Crippen LogP contribution in [0.1, 0.15) is 0 Å². The normalized spacial score (nSPS) is 11.1. The van der Waals surface area contributed by atoms with Crippen molar-refractivity contribution in [1.29, 1.82) is 0 Å². The molecule has 0 amide bonds. The topological polar surface area (TPSA) is 52.0 Å². The minimum absolute atomic E-state index is 0.334. The molecule has 0 radical (unpaired) electrons. The van der Waals surface area contributed by atoms with Crippen LogP contribution in [0.3, 0.4) is 0 Å². The molecule has 96 valence electrons. The summed E-state index contributed by atoms with van der Waals surface area (Å²) in [5.74, 6) is 0.0440. The highest BCUT2D eigenvalue weighted by Gasteiger charge is 2.13. The molecule has 1 aromatic heterocycles. The number of oxazole rings is 1. The Bertz CT molecular complexity index is 749. The lowest BCUT2D eigenvalue weighted by molar-refractivity contribution is 0.615. The van der Waals surface area contributed by atoms with E-state index in [-0.39, 0.29) is 5.82 Å². The molecule has 19 heavy (non-hydrogen) atoms. The number of hydrogen-bond acceptors (Lipinski definition) is 3. The Morgan fingerprint density at radius 2 is 2.05 bits per heavy atom. The molecule has 0 unspecified atom stereocenters. The first kappa shape index (κ1) is 12.4. The number of fused-ring (bicyclic) bond motifs is 1. The summed E-state index contributed by atoms with van der Waals surface area (Å²) in [5, 5.41) is 0.422. The Kier molecular flexibility index (Phi) is 2.95. The summed E-state index contributed by atoms with van der Waals surface area (Å²) < 4.78 is 19.2. The quantitative estimate of drug-likeness (QED) is 0.656. The van der Waals surface area contributed by atoms with Gasteiger partial charge < -0.3 is 10.2 Å². The second kappa shape index (κ2) is 4.51. The predicted octanol–water partition coefficient (Wildman–Crippen LogP) is 4.63. The second-order valence-corrected chi connectivity index (χ2v) is 5.25. The van der Waals surface area contributed by atoms with E-state index in [0.717, 1.165) is 0 Å². The lowest BCUT2D eigenvalue weighted by Gasteiger charge is -1.98. The largest absolute Gasteiger partial charge is 0.436 e. The van der Waals surface area contributed by atoms with E-state index in [9.17, 15) is 4.39 Å². The molecular weight excluding hydrogens is 335 g/mol. The predicted molar refractivity (Wildman–Crippen MR) is 76.5 cm³/mol. The van der Waals surface area contributed by atoms with Crippen LogP contribution in [0, 0.1) is 5.82 Å². The Balaban J connectivity index is 2.20. The van der Waals surface area contributed by atoms with Crippen molar-refractivity contribution in [3.05, 3.63) is 45.6 Å². The highest BCUT2D eigenvalue weighted by Crippen LogP contribution is 2.33. The first-order valence-electron chi connectivity index (χ1n) is 5.35. The zero-order valence-electron chi connectivity index (χ0n) is 9.45. The average Bonchev–Trinajstić information content (AvgIpc) is 2.72. The molecular formula is C13H7BrClFN2O. The molecule has 0 aliphatic heterocycles. The molecule has 0 fully saturated rings. The molecule has 3 nitrogen and oxygen atoms in total. The summed E-state index contributed by atoms with van der Waals surface area (Å²) in [6.45, 7) is 0. The number of nitrogens with two attached hydrogens (primary N) is 1. The molecule has 2 aromatic carbocycles. The van der Waals surface area contributed by atoms with Gasteiger partial charge in [0.25, 0.3) is 0 Å². The third-order valence-corrected chi connectivity index (χ3v) is 3.65. The molecule has 3 aromatic rings. The zero-order chi connectivity index (χ0) is 13.6. The van der Waals surface area contributed by atoms with Crippen molar-refractivity contribution in [1.82, 2.24) is 4.98 Å². The van der Waals surface area contributed by atoms with Gasteiger partial charge in [-0.1, -0.05) is 11.6 Å². The maximum Gasteiger partial charge on any atom is 0.228 e. The van der Waals surface area contributed by atoms with Crippen LogP contribution in [0.4, 0.5) is 10.1 Å². The summed E-state index contributed by atoms with van der Waals surface area (Å²) in [7, 11) is 0. The third-order valence-electron chi connectivity index (χ3n) is 2.67. The molecule has 0 aliphatic rings. The number of benzene rings is 2. The second-order valence-electron chi connectivity index (χ2n) is 3.98. The van der Waals surface area contributed by atoms with E-state index >= 15 is 0 Å². The minimum Gasteiger partial charge on any atom is -0.436 e. The maximum absolute atomic E-state index is 13.1. The number of aromatic nitrogens is 1. The summed E-state index contributed by atoms with van der Waals surface area (Å²) >= 11 is 9.21. The van der Waals surface area contributed by atoms with Crippen LogP contribution in [-0.4, -0.2) is 4.98 Å². The smallest absolute Gasteiger partial charge is 0.228 e. The van der Waals surface area contributed by atoms with Gasteiger partial charge in [-0.05, 0) is 40.2 Å². The summed E-state index contributed by atoms with van der Waals surface area (Å²) in [6, 6.07) is 7.54. The highest BCUT2D eigenvalue weighted by atomic mass is 79.9. The molecule has 0 saturated carbocycles. The van der Waals surface area contributed by atoms with Gasteiger partial charge in [-0.2, -0.15) is 0 Å². The Labute approximate surface area is 121 Å². The molecule has 1 heterocycles. The zero-order valence-corrected chi connectivity index (χ0v) is 11.8. The van der Waals surface area contributed by atoms with Gasteiger partial charge in [-0.25, -0.2) is 9.37 Å². The van der Waals surface area contributed by atoms with E-state index in [2.05, 4.69) is 20.9 Å². The van der Waals surface area contributed by atoms with Crippen LogP contribution in [0.2, 0.25) is 5.02 Å². The SMILES string of the molecule is Nc1cc2oc(-c3ccc(F)cc3Br)nc2cc1Cl. The molecule has 3 rings (SSSR count). The minimum atomic E-state index is -0.334. The average molecular weight is 342 g/mol. The third kappa shape index (κ3) is 2.19. The fourth-order valence-electron chi connectivity index (χ4n) is 1.74. The molecule has 0 aliphatic carbocycles. The van der Waals surface area contributed by atoms with Gasteiger partial charge in [-0.3, -0.25) is 0 Å². The standard InChI is InChI=1S/C13H7BrClFN2O/c14-8-3-6(16)1-2-7(8)13-18-11-4-9(15)10(17)5-12(11)19-13/h1-5H,17H2. The first-order chi connectivity index (χ1) is 9.04. The van der Waals surface area contributed by atoms with Crippen molar-refractivity contribution < 1.29 is 8.81 Å².